The van der Waals surface area contributed by atoms with Gasteiger partial charge in [-0.25, -0.2) is 0 Å². The molecule has 3 aliphatic heterocycles. The Morgan fingerprint density at radius 2 is 1.89 bits per heavy atom. The summed E-state index contributed by atoms with van der Waals surface area (Å²) in [5.41, 5.74) is 5.24. The summed E-state index contributed by atoms with van der Waals surface area (Å²) in [4.78, 5) is 31.1. The van der Waals surface area contributed by atoms with Crippen LogP contribution in [0.4, 0.5) is 0 Å². The van der Waals surface area contributed by atoms with Gasteiger partial charge in [0.1, 0.15) is 12.4 Å². The van der Waals surface area contributed by atoms with Gasteiger partial charge in [0.05, 0.1) is 11.6 Å². The van der Waals surface area contributed by atoms with Crippen LogP contribution in [0.5, 0.6) is 5.75 Å². The Morgan fingerprint density at radius 3 is 2.57 bits per heavy atom. The van der Waals surface area contributed by atoms with Gasteiger partial charge in [-0.1, -0.05) is 6.07 Å². The predicted octanol–water partition coefficient (Wildman–Crippen LogP) is 3.59. The molecule has 2 unspecified atom stereocenters. The van der Waals surface area contributed by atoms with Gasteiger partial charge in [-0.2, -0.15) is 0 Å². The Balaban J connectivity index is 1.20. The predicted molar refractivity (Wildman–Crippen MR) is 134 cm³/mol. The quantitative estimate of drug-likeness (QED) is 0.638. The van der Waals surface area contributed by atoms with Crippen molar-refractivity contribution in [3.63, 3.8) is 0 Å². The van der Waals surface area contributed by atoms with Crippen molar-refractivity contribution >= 4 is 11.8 Å². The van der Waals surface area contributed by atoms with E-state index in [0.717, 1.165) is 37.3 Å². The molecule has 3 aliphatic rings. The van der Waals surface area contributed by atoms with E-state index in [0.29, 0.717) is 30.7 Å². The Bertz CT molecular complexity index is 1100. The van der Waals surface area contributed by atoms with E-state index in [1.54, 1.807) is 6.20 Å². The normalized spacial score (nSPS) is 26.0. The molecule has 4 heterocycles. The van der Waals surface area contributed by atoms with Gasteiger partial charge in [0.25, 0.3) is 5.91 Å². The number of nitrogens with one attached hydrogen (secondary N) is 2. The van der Waals surface area contributed by atoms with Gasteiger partial charge in [-0.3, -0.25) is 19.5 Å². The van der Waals surface area contributed by atoms with Crippen LogP contribution in [-0.2, 0) is 11.3 Å². The van der Waals surface area contributed by atoms with Gasteiger partial charge in [0.2, 0.25) is 5.91 Å². The van der Waals surface area contributed by atoms with Crippen LogP contribution in [0.2, 0.25) is 0 Å². The van der Waals surface area contributed by atoms with Gasteiger partial charge in [0, 0.05) is 43.0 Å². The van der Waals surface area contributed by atoms with Gasteiger partial charge < -0.3 is 15.4 Å². The molecule has 186 valence electrons. The average Bonchev–Trinajstić information content (AvgIpc) is 3.35. The maximum atomic E-state index is 12.8. The summed E-state index contributed by atoms with van der Waals surface area (Å²) in [6.07, 6.45) is 7.53. The van der Waals surface area contributed by atoms with Gasteiger partial charge in [-0.15, -0.1) is 0 Å². The molecule has 5 rings (SSSR count). The van der Waals surface area contributed by atoms with Crippen molar-refractivity contribution in [3.8, 4) is 5.75 Å². The molecular formula is C28H36N4O3. The summed E-state index contributed by atoms with van der Waals surface area (Å²) < 4.78 is 6.07. The van der Waals surface area contributed by atoms with E-state index in [4.69, 9.17) is 4.74 Å². The number of nitrogens with zero attached hydrogens (tertiary/aromatic N) is 2. The van der Waals surface area contributed by atoms with Gasteiger partial charge in [0.15, 0.2) is 0 Å². The lowest BCUT2D eigenvalue weighted by Crippen LogP contribution is -2.50. The number of rotatable bonds is 7. The van der Waals surface area contributed by atoms with Crippen molar-refractivity contribution in [2.75, 3.05) is 6.61 Å². The van der Waals surface area contributed by atoms with E-state index in [-0.39, 0.29) is 23.9 Å². The molecule has 7 nitrogen and oxygen atoms in total. The molecule has 0 spiro atoms. The Kier molecular flexibility index (Phi) is 6.78. The number of aromatic nitrogens is 1. The molecule has 3 saturated heterocycles. The number of fused-ring (bicyclic) bond motifs is 2. The van der Waals surface area contributed by atoms with Crippen molar-refractivity contribution < 1.29 is 14.3 Å². The number of amides is 2. The number of hydrogen-bond acceptors (Lipinski definition) is 5. The number of aryl methyl sites for hydroxylation is 1. The third-order valence-electron chi connectivity index (χ3n) is 8.20. The van der Waals surface area contributed by atoms with Crippen LogP contribution in [-0.4, -0.2) is 52.5 Å². The summed E-state index contributed by atoms with van der Waals surface area (Å²) in [5, 5.41) is 6.25. The molecule has 1 aromatic heterocycles. The minimum atomic E-state index is -0.00678. The third kappa shape index (κ3) is 5.06. The second-order valence-electron chi connectivity index (χ2n) is 10.4. The number of pyridine rings is 1. The third-order valence-corrected chi connectivity index (χ3v) is 8.20. The monoisotopic (exact) mass is 476 g/mol. The van der Waals surface area contributed by atoms with Crippen molar-refractivity contribution in [2.45, 2.75) is 90.0 Å². The van der Waals surface area contributed by atoms with Crippen LogP contribution in [0.1, 0.15) is 71.3 Å². The fourth-order valence-electron chi connectivity index (χ4n) is 6.01. The first-order chi connectivity index (χ1) is 16.9. The Labute approximate surface area is 207 Å². The number of carbonyl (C=O) groups excluding carboxylic acids is 2. The van der Waals surface area contributed by atoms with E-state index in [9.17, 15) is 9.59 Å². The molecule has 3 atom stereocenters. The maximum absolute atomic E-state index is 12.8. The first kappa shape index (κ1) is 23.8. The highest BCUT2D eigenvalue weighted by Crippen LogP contribution is 2.38. The van der Waals surface area contributed by atoms with Crippen LogP contribution in [0.3, 0.4) is 0 Å². The lowest BCUT2D eigenvalue weighted by molar-refractivity contribution is -0.119. The fourth-order valence-corrected chi connectivity index (χ4v) is 6.01. The first-order valence-electron chi connectivity index (χ1n) is 12.9. The molecule has 0 aliphatic carbocycles. The molecule has 35 heavy (non-hydrogen) atoms. The Hall–Kier alpha value is -2.93. The molecule has 3 fully saturated rings. The highest BCUT2D eigenvalue weighted by atomic mass is 16.5. The lowest BCUT2D eigenvalue weighted by Gasteiger charge is -2.39. The molecule has 7 heteroatoms. The average molecular weight is 477 g/mol. The standard InChI is InChI=1S/C28H36N4O3/c1-17-18(2)26(35-16-21-7-11-27(33)30-21)10-6-20(17)15-32-23-8-9-24(32)14-22(13-23)31-28(34)25-5-4-12-29-19(25)3/h4-6,10,12,21-24H,7-9,11,13-16H2,1-3H3,(H,30,33)(H,31,34)/t21-,22?,23?,24?/m1/s1. The minimum absolute atomic E-state index is 0.00678. The second-order valence-corrected chi connectivity index (χ2v) is 10.4. The van der Waals surface area contributed by atoms with E-state index >= 15 is 0 Å². The zero-order valence-electron chi connectivity index (χ0n) is 21.0. The summed E-state index contributed by atoms with van der Waals surface area (Å²) in [5.74, 6) is 1.02. The van der Waals surface area contributed by atoms with Crippen LogP contribution in [0, 0.1) is 20.8 Å². The fraction of sp³-hybridized carbons (Fsp3) is 0.536. The number of carbonyl (C=O) groups is 2. The zero-order valence-corrected chi connectivity index (χ0v) is 21.0. The minimum Gasteiger partial charge on any atom is -0.491 e. The zero-order chi connectivity index (χ0) is 24.5. The smallest absolute Gasteiger partial charge is 0.253 e. The topological polar surface area (TPSA) is 83.6 Å². The molecule has 0 saturated carbocycles. The van der Waals surface area contributed by atoms with Crippen molar-refractivity contribution in [1.82, 2.24) is 20.5 Å². The van der Waals surface area contributed by atoms with Crippen molar-refractivity contribution in [3.05, 3.63) is 58.4 Å². The number of ether oxygens (including phenoxy) is 1. The summed E-state index contributed by atoms with van der Waals surface area (Å²) in [6, 6.07) is 9.27. The molecule has 2 amide bonds. The Morgan fingerprint density at radius 1 is 1.11 bits per heavy atom. The van der Waals surface area contributed by atoms with E-state index in [2.05, 4.69) is 46.5 Å². The van der Waals surface area contributed by atoms with Gasteiger partial charge in [-0.05, 0) is 87.8 Å². The number of benzene rings is 1. The van der Waals surface area contributed by atoms with E-state index in [1.165, 1.54) is 29.5 Å². The van der Waals surface area contributed by atoms with Crippen molar-refractivity contribution in [1.29, 1.82) is 0 Å². The van der Waals surface area contributed by atoms with E-state index in [1.807, 2.05) is 19.1 Å². The molecule has 2 N–H and O–H groups in total. The second kappa shape index (κ2) is 9.97. The molecule has 2 bridgehead atoms. The van der Waals surface area contributed by atoms with Crippen LogP contribution in [0.25, 0.3) is 0 Å². The van der Waals surface area contributed by atoms with Gasteiger partial charge >= 0.3 is 0 Å². The van der Waals surface area contributed by atoms with Crippen LogP contribution >= 0.6 is 0 Å². The summed E-state index contributed by atoms with van der Waals surface area (Å²) in [7, 11) is 0. The number of hydrogen-bond donors (Lipinski definition) is 2. The SMILES string of the molecule is Cc1ncccc1C(=O)NC1CC2CCC(C1)N2Cc1ccc(OC[C@H]2CCC(=O)N2)c(C)c1C. The first-order valence-corrected chi connectivity index (χ1v) is 12.9. The van der Waals surface area contributed by atoms with Crippen molar-refractivity contribution in [2.24, 2.45) is 0 Å². The summed E-state index contributed by atoms with van der Waals surface area (Å²) >= 11 is 0. The molecule has 1 aromatic carbocycles. The number of piperidine rings is 1. The van der Waals surface area contributed by atoms with Crippen LogP contribution in [0.15, 0.2) is 30.5 Å². The summed E-state index contributed by atoms with van der Waals surface area (Å²) in [6.45, 7) is 7.64. The lowest BCUT2D eigenvalue weighted by atomic mass is 9.94. The molecule has 2 aromatic rings. The highest BCUT2D eigenvalue weighted by Gasteiger charge is 2.41. The molecular weight excluding hydrogens is 440 g/mol. The maximum Gasteiger partial charge on any atom is 0.253 e. The van der Waals surface area contributed by atoms with Crippen LogP contribution < -0.4 is 15.4 Å². The largest absolute Gasteiger partial charge is 0.491 e. The van der Waals surface area contributed by atoms with E-state index < -0.39 is 0 Å². The molecule has 0 radical (unpaired) electrons. The highest BCUT2D eigenvalue weighted by molar-refractivity contribution is 5.95.